The molecular weight excluding hydrogens is 284 g/mol. The SMILES string of the molecule is CC(=O)Nc1ccn([C@@H]2CCN(Cc3ccc(C)s3)C2)n1. The topological polar surface area (TPSA) is 50.2 Å². The fraction of sp³-hybridized carbons (Fsp3) is 0.467. The zero-order chi connectivity index (χ0) is 14.8. The summed E-state index contributed by atoms with van der Waals surface area (Å²) < 4.78 is 1.98. The Labute approximate surface area is 128 Å². The molecule has 3 rings (SSSR count). The van der Waals surface area contributed by atoms with Crippen LogP contribution in [-0.2, 0) is 11.3 Å². The molecule has 1 N–H and O–H groups in total. The minimum atomic E-state index is -0.0821. The highest BCUT2D eigenvalue weighted by atomic mass is 32.1. The third-order valence-electron chi connectivity index (χ3n) is 3.71. The first-order valence-electron chi connectivity index (χ1n) is 7.20. The van der Waals surface area contributed by atoms with E-state index in [-0.39, 0.29) is 5.91 Å². The van der Waals surface area contributed by atoms with Crippen LogP contribution in [0.3, 0.4) is 0 Å². The van der Waals surface area contributed by atoms with Crippen molar-refractivity contribution in [1.82, 2.24) is 14.7 Å². The number of thiophene rings is 1. The first kappa shape index (κ1) is 14.3. The molecule has 1 saturated heterocycles. The number of nitrogens with one attached hydrogen (secondary N) is 1. The number of carbonyl (C=O) groups excluding carboxylic acids is 1. The van der Waals surface area contributed by atoms with E-state index in [1.54, 1.807) is 0 Å². The van der Waals surface area contributed by atoms with Gasteiger partial charge in [0.15, 0.2) is 5.82 Å². The third kappa shape index (κ3) is 3.51. The lowest BCUT2D eigenvalue weighted by Crippen LogP contribution is -2.21. The molecule has 0 radical (unpaired) electrons. The Kier molecular flexibility index (Phi) is 4.07. The lowest BCUT2D eigenvalue weighted by Gasteiger charge is -2.15. The average molecular weight is 304 g/mol. The minimum Gasteiger partial charge on any atom is -0.309 e. The number of amides is 1. The predicted molar refractivity (Wildman–Crippen MR) is 84.5 cm³/mol. The highest BCUT2D eigenvalue weighted by Crippen LogP contribution is 2.25. The van der Waals surface area contributed by atoms with Crippen LogP contribution in [0.2, 0.25) is 0 Å². The third-order valence-corrected chi connectivity index (χ3v) is 4.69. The van der Waals surface area contributed by atoms with Crippen LogP contribution in [-0.4, -0.2) is 33.7 Å². The molecule has 0 aromatic carbocycles. The second-order valence-electron chi connectivity index (χ2n) is 5.55. The monoisotopic (exact) mass is 304 g/mol. The molecule has 5 nitrogen and oxygen atoms in total. The van der Waals surface area contributed by atoms with Gasteiger partial charge in [-0.1, -0.05) is 0 Å². The first-order valence-corrected chi connectivity index (χ1v) is 8.02. The molecule has 1 atom stereocenters. The first-order chi connectivity index (χ1) is 10.1. The predicted octanol–water partition coefficient (Wildman–Crippen LogP) is 2.66. The van der Waals surface area contributed by atoms with E-state index in [1.807, 2.05) is 28.3 Å². The molecule has 1 aliphatic rings. The van der Waals surface area contributed by atoms with Gasteiger partial charge in [0.2, 0.25) is 5.91 Å². The van der Waals surface area contributed by atoms with Gasteiger partial charge in [0.25, 0.3) is 0 Å². The summed E-state index contributed by atoms with van der Waals surface area (Å²) in [5.74, 6) is 0.552. The van der Waals surface area contributed by atoms with Crippen molar-refractivity contribution in [2.75, 3.05) is 18.4 Å². The van der Waals surface area contributed by atoms with E-state index in [1.165, 1.54) is 16.7 Å². The highest BCUT2D eigenvalue weighted by Gasteiger charge is 2.24. The van der Waals surface area contributed by atoms with Crippen molar-refractivity contribution in [3.8, 4) is 0 Å². The molecule has 0 aliphatic carbocycles. The Morgan fingerprint density at radius 1 is 1.48 bits per heavy atom. The lowest BCUT2D eigenvalue weighted by molar-refractivity contribution is -0.114. The van der Waals surface area contributed by atoms with Gasteiger partial charge < -0.3 is 5.32 Å². The minimum absolute atomic E-state index is 0.0821. The van der Waals surface area contributed by atoms with Gasteiger partial charge in [0, 0.05) is 48.6 Å². The van der Waals surface area contributed by atoms with E-state index in [4.69, 9.17) is 0 Å². The quantitative estimate of drug-likeness (QED) is 0.945. The number of aromatic nitrogens is 2. The maximum atomic E-state index is 11.0. The molecular formula is C15H20N4OS. The molecule has 1 amide bonds. The number of nitrogens with zero attached hydrogens (tertiary/aromatic N) is 3. The van der Waals surface area contributed by atoms with Crippen LogP contribution in [0.15, 0.2) is 24.4 Å². The van der Waals surface area contributed by atoms with Gasteiger partial charge in [-0.2, -0.15) is 5.10 Å². The van der Waals surface area contributed by atoms with Gasteiger partial charge in [-0.15, -0.1) is 11.3 Å². The van der Waals surface area contributed by atoms with Crippen LogP contribution < -0.4 is 5.32 Å². The van der Waals surface area contributed by atoms with E-state index in [0.717, 1.165) is 26.1 Å². The molecule has 2 aromatic rings. The fourth-order valence-corrected chi connectivity index (χ4v) is 3.68. The van der Waals surface area contributed by atoms with E-state index in [9.17, 15) is 4.79 Å². The molecule has 1 aliphatic heterocycles. The summed E-state index contributed by atoms with van der Waals surface area (Å²) in [6.07, 6.45) is 3.06. The fourth-order valence-electron chi connectivity index (χ4n) is 2.75. The molecule has 2 aromatic heterocycles. The average Bonchev–Trinajstić information content (AvgIpc) is 3.11. The van der Waals surface area contributed by atoms with Crippen LogP contribution in [0.4, 0.5) is 5.82 Å². The van der Waals surface area contributed by atoms with E-state index >= 15 is 0 Å². The van der Waals surface area contributed by atoms with Crippen LogP contribution in [0, 0.1) is 6.92 Å². The number of hydrogen-bond acceptors (Lipinski definition) is 4. The highest BCUT2D eigenvalue weighted by molar-refractivity contribution is 7.11. The molecule has 6 heteroatoms. The Morgan fingerprint density at radius 2 is 2.33 bits per heavy atom. The summed E-state index contributed by atoms with van der Waals surface area (Å²) in [7, 11) is 0. The van der Waals surface area contributed by atoms with Crippen LogP contribution in [0.5, 0.6) is 0 Å². The van der Waals surface area contributed by atoms with E-state index in [2.05, 4.69) is 34.4 Å². The Morgan fingerprint density at radius 3 is 3.05 bits per heavy atom. The van der Waals surface area contributed by atoms with Gasteiger partial charge in [-0.05, 0) is 25.5 Å². The standard InChI is InChI=1S/C15H20N4OS/c1-11-3-4-14(21-11)10-18-7-5-13(9-18)19-8-6-15(17-19)16-12(2)20/h3-4,6,8,13H,5,7,9-10H2,1-2H3,(H,16,17,20)/t13-/m1/s1. The summed E-state index contributed by atoms with van der Waals surface area (Å²) in [6.45, 7) is 6.78. The van der Waals surface area contributed by atoms with Crippen molar-refractivity contribution < 1.29 is 4.79 Å². The molecule has 1 fully saturated rings. The molecule has 0 bridgehead atoms. The molecule has 0 unspecified atom stereocenters. The zero-order valence-electron chi connectivity index (χ0n) is 12.4. The van der Waals surface area contributed by atoms with Gasteiger partial charge in [0.05, 0.1) is 6.04 Å². The number of rotatable bonds is 4. The van der Waals surface area contributed by atoms with E-state index in [0.29, 0.717) is 11.9 Å². The Balaban J connectivity index is 1.58. The summed E-state index contributed by atoms with van der Waals surface area (Å²) in [6, 6.07) is 6.65. The number of carbonyl (C=O) groups is 1. The Hall–Kier alpha value is -1.66. The van der Waals surface area contributed by atoms with Crippen molar-refractivity contribution in [1.29, 1.82) is 0 Å². The molecule has 0 spiro atoms. The van der Waals surface area contributed by atoms with Crippen LogP contribution in [0.25, 0.3) is 0 Å². The van der Waals surface area contributed by atoms with Crippen molar-refractivity contribution in [2.24, 2.45) is 0 Å². The van der Waals surface area contributed by atoms with Crippen molar-refractivity contribution in [3.63, 3.8) is 0 Å². The Bertz CT molecular complexity index is 633. The second kappa shape index (κ2) is 5.99. The summed E-state index contributed by atoms with van der Waals surface area (Å²) in [5, 5.41) is 7.16. The number of likely N-dealkylation sites (tertiary alicyclic amines) is 1. The maximum Gasteiger partial charge on any atom is 0.222 e. The summed E-state index contributed by atoms with van der Waals surface area (Å²) in [5.41, 5.74) is 0. The number of hydrogen-bond donors (Lipinski definition) is 1. The molecule has 0 saturated carbocycles. The number of aryl methyl sites for hydroxylation is 1. The van der Waals surface area contributed by atoms with Gasteiger partial charge in [-0.3, -0.25) is 14.4 Å². The molecule has 3 heterocycles. The summed E-state index contributed by atoms with van der Waals surface area (Å²) >= 11 is 1.87. The normalized spacial score (nSPS) is 19.0. The lowest BCUT2D eigenvalue weighted by atomic mass is 10.3. The number of anilines is 1. The smallest absolute Gasteiger partial charge is 0.222 e. The molecule has 21 heavy (non-hydrogen) atoms. The van der Waals surface area contributed by atoms with Crippen LogP contribution in [0.1, 0.15) is 29.1 Å². The molecule has 112 valence electrons. The van der Waals surface area contributed by atoms with Gasteiger partial charge in [0.1, 0.15) is 0 Å². The maximum absolute atomic E-state index is 11.0. The largest absolute Gasteiger partial charge is 0.309 e. The van der Waals surface area contributed by atoms with Crippen molar-refractivity contribution in [2.45, 2.75) is 32.9 Å². The van der Waals surface area contributed by atoms with Gasteiger partial charge in [-0.25, -0.2) is 0 Å². The van der Waals surface area contributed by atoms with Crippen molar-refractivity contribution >= 4 is 23.1 Å². The van der Waals surface area contributed by atoms with Crippen LogP contribution >= 0.6 is 11.3 Å². The summed E-state index contributed by atoms with van der Waals surface area (Å²) in [4.78, 5) is 16.3. The van der Waals surface area contributed by atoms with Gasteiger partial charge >= 0.3 is 0 Å². The van der Waals surface area contributed by atoms with E-state index < -0.39 is 0 Å². The second-order valence-corrected chi connectivity index (χ2v) is 6.92. The van der Waals surface area contributed by atoms with Crippen molar-refractivity contribution in [3.05, 3.63) is 34.2 Å². The zero-order valence-corrected chi connectivity index (χ0v) is 13.2.